The Labute approximate surface area is 79.8 Å². The fourth-order valence-electron chi connectivity index (χ4n) is 1.13. The van der Waals surface area contributed by atoms with E-state index >= 15 is 0 Å². The summed E-state index contributed by atoms with van der Waals surface area (Å²) in [7, 11) is 0. The maximum absolute atomic E-state index is 12.1. The van der Waals surface area contributed by atoms with Crippen LogP contribution in [0.25, 0.3) is 0 Å². The number of nitrogens with zero attached hydrogens (tertiary/aromatic N) is 1. The van der Waals surface area contributed by atoms with E-state index in [2.05, 4.69) is 4.98 Å². The molecule has 0 aliphatic heterocycles. The van der Waals surface area contributed by atoms with Gasteiger partial charge in [0, 0.05) is 5.38 Å². The second-order valence-corrected chi connectivity index (χ2v) is 3.64. The first-order valence-electron chi connectivity index (χ1n) is 3.92. The van der Waals surface area contributed by atoms with Gasteiger partial charge in [-0.2, -0.15) is 0 Å². The lowest BCUT2D eigenvalue weighted by molar-refractivity contribution is -0.118. The molecule has 0 aliphatic carbocycles. The number of anilines is 1. The lowest BCUT2D eigenvalue weighted by Crippen LogP contribution is -2.10. The first kappa shape index (κ1) is 10.1. The van der Waals surface area contributed by atoms with Gasteiger partial charge < -0.3 is 5.73 Å². The van der Waals surface area contributed by atoms with Crippen LogP contribution in [0.5, 0.6) is 0 Å². The molecular formula is C8H11FN2OS. The van der Waals surface area contributed by atoms with Crippen LogP contribution in [0.2, 0.25) is 0 Å². The highest BCUT2D eigenvalue weighted by Gasteiger charge is 2.18. The number of carbonyl (C=O) groups excluding carboxylic acids is 1. The molecule has 13 heavy (non-hydrogen) atoms. The second-order valence-electron chi connectivity index (χ2n) is 2.75. The molecule has 0 bridgehead atoms. The van der Waals surface area contributed by atoms with Gasteiger partial charge >= 0.3 is 0 Å². The lowest BCUT2D eigenvalue weighted by Gasteiger charge is -2.07. The van der Waals surface area contributed by atoms with Gasteiger partial charge in [0.1, 0.15) is 5.78 Å². The largest absolute Gasteiger partial charge is 0.375 e. The van der Waals surface area contributed by atoms with Crippen LogP contribution < -0.4 is 5.73 Å². The smallest absolute Gasteiger partial charge is 0.180 e. The van der Waals surface area contributed by atoms with E-state index in [1.807, 2.05) is 0 Å². The number of halogens is 1. The maximum Gasteiger partial charge on any atom is 0.180 e. The fourth-order valence-corrected chi connectivity index (χ4v) is 1.75. The van der Waals surface area contributed by atoms with Crippen LogP contribution in [0.4, 0.5) is 9.52 Å². The molecule has 1 atom stereocenters. The third-order valence-corrected chi connectivity index (χ3v) is 2.48. The van der Waals surface area contributed by atoms with E-state index < -0.39 is 12.6 Å². The molecule has 0 radical (unpaired) electrons. The van der Waals surface area contributed by atoms with Crippen molar-refractivity contribution in [2.24, 2.45) is 0 Å². The zero-order valence-corrected chi connectivity index (χ0v) is 8.10. The van der Waals surface area contributed by atoms with Crippen molar-refractivity contribution in [3.8, 4) is 0 Å². The number of ketones is 1. The summed E-state index contributed by atoms with van der Waals surface area (Å²) in [4.78, 5) is 15.1. The maximum atomic E-state index is 12.1. The van der Waals surface area contributed by atoms with Gasteiger partial charge in [0.25, 0.3) is 0 Å². The molecule has 0 spiro atoms. The van der Waals surface area contributed by atoms with Gasteiger partial charge in [0.05, 0.1) is 18.3 Å². The summed E-state index contributed by atoms with van der Waals surface area (Å²) in [6, 6.07) is 0. The number of aromatic nitrogens is 1. The molecule has 0 saturated carbocycles. The third kappa shape index (κ3) is 2.48. The quantitative estimate of drug-likeness (QED) is 0.809. The molecular weight excluding hydrogens is 191 g/mol. The molecule has 1 rings (SSSR count). The summed E-state index contributed by atoms with van der Waals surface area (Å²) < 4.78 is 12.1. The highest BCUT2D eigenvalue weighted by molar-refractivity contribution is 7.13. The van der Waals surface area contributed by atoms with Crippen molar-refractivity contribution >= 4 is 22.3 Å². The van der Waals surface area contributed by atoms with Crippen LogP contribution in [-0.4, -0.2) is 17.4 Å². The monoisotopic (exact) mass is 202 g/mol. The Morgan fingerprint density at radius 3 is 2.92 bits per heavy atom. The highest BCUT2D eigenvalue weighted by Crippen LogP contribution is 2.23. The molecule has 1 aromatic rings. The summed E-state index contributed by atoms with van der Waals surface area (Å²) in [6.45, 7) is 0.928. The van der Waals surface area contributed by atoms with E-state index in [-0.39, 0.29) is 12.2 Å². The van der Waals surface area contributed by atoms with Crippen molar-refractivity contribution in [2.45, 2.75) is 19.3 Å². The normalized spacial score (nSPS) is 12.8. The van der Waals surface area contributed by atoms with Crippen molar-refractivity contribution in [2.75, 3.05) is 12.4 Å². The van der Waals surface area contributed by atoms with Crippen molar-refractivity contribution in [1.82, 2.24) is 4.98 Å². The molecule has 0 saturated heterocycles. The molecule has 5 heteroatoms. The Balaban J connectivity index is 2.81. The highest BCUT2D eigenvalue weighted by atomic mass is 32.1. The Bertz CT molecular complexity index is 300. The Kier molecular flexibility index (Phi) is 3.36. The number of nitrogen functional groups attached to an aromatic ring is 1. The number of nitrogens with two attached hydrogens (primary N) is 1. The number of alkyl halides is 1. The molecule has 3 nitrogen and oxygen atoms in total. The molecule has 0 aliphatic rings. The first-order valence-corrected chi connectivity index (χ1v) is 4.80. The molecule has 0 amide bonds. The van der Waals surface area contributed by atoms with Crippen LogP contribution in [0.1, 0.15) is 25.0 Å². The van der Waals surface area contributed by atoms with E-state index in [1.54, 1.807) is 5.38 Å². The minimum atomic E-state index is -0.512. The van der Waals surface area contributed by atoms with E-state index in [4.69, 9.17) is 5.73 Å². The minimum absolute atomic E-state index is 0.0667. The number of Topliss-reactive ketones (excluding diaryl/α,β-unsaturated/α-hetero) is 1. The summed E-state index contributed by atoms with van der Waals surface area (Å²) in [6.07, 6.45) is 0.193. The van der Waals surface area contributed by atoms with Gasteiger partial charge in [-0.25, -0.2) is 4.98 Å². The molecule has 0 fully saturated rings. The molecule has 72 valence electrons. The van der Waals surface area contributed by atoms with Crippen LogP contribution in [0.3, 0.4) is 0 Å². The summed E-state index contributed by atoms with van der Waals surface area (Å²) in [5, 5.41) is 2.12. The number of hydrogen-bond donors (Lipinski definition) is 1. The van der Waals surface area contributed by atoms with Crippen molar-refractivity contribution in [1.29, 1.82) is 0 Å². The van der Waals surface area contributed by atoms with Crippen LogP contribution >= 0.6 is 11.3 Å². The number of hydrogen-bond acceptors (Lipinski definition) is 4. The topological polar surface area (TPSA) is 56.0 Å². The Morgan fingerprint density at radius 2 is 2.54 bits per heavy atom. The average Bonchev–Trinajstić information content (AvgIpc) is 2.46. The zero-order valence-electron chi connectivity index (χ0n) is 7.29. The van der Waals surface area contributed by atoms with Crippen LogP contribution in [0.15, 0.2) is 5.38 Å². The van der Waals surface area contributed by atoms with Crippen molar-refractivity contribution in [3.05, 3.63) is 11.1 Å². The van der Waals surface area contributed by atoms with Crippen LogP contribution in [0, 0.1) is 0 Å². The Hall–Kier alpha value is -0.970. The molecule has 0 aromatic carbocycles. The lowest BCUT2D eigenvalue weighted by atomic mass is 9.99. The Morgan fingerprint density at radius 1 is 1.85 bits per heavy atom. The van der Waals surface area contributed by atoms with E-state index in [1.165, 1.54) is 18.3 Å². The fraction of sp³-hybridized carbons (Fsp3) is 0.500. The predicted octanol–water partition coefficient (Wildman–Crippen LogP) is 1.76. The molecule has 1 aromatic heterocycles. The average molecular weight is 202 g/mol. The first-order chi connectivity index (χ1) is 6.15. The van der Waals surface area contributed by atoms with Crippen LogP contribution in [-0.2, 0) is 4.79 Å². The number of thiazole rings is 1. The molecule has 1 unspecified atom stereocenters. The molecule has 2 N–H and O–H groups in total. The van der Waals surface area contributed by atoms with Gasteiger partial charge in [-0.3, -0.25) is 9.18 Å². The number of carbonyl (C=O) groups is 1. The van der Waals surface area contributed by atoms with Gasteiger partial charge in [-0.1, -0.05) is 0 Å². The van der Waals surface area contributed by atoms with Gasteiger partial charge in [0.2, 0.25) is 0 Å². The minimum Gasteiger partial charge on any atom is -0.375 e. The van der Waals surface area contributed by atoms with E-state index in [9.17, 15) is 9.18 Å². The van der Waals surface area contributed by atoms with E-state index in [0.29, 0.717) is 10.8 Å². The predicted molar refractivity (Wildman–Crippen MR) is 50.5 cm³/mol. The standard InChI is InChI=1S/C8H11FN2OS/c1-5(12)6(2-3-9)7-4-13-8(10)11-7/h4,6H,2-3H2,1H3,(H2,10,11). The zero-order chi connectivity index (χ0) is 9.84. The van der Waals surface area contributed by atoms with Gasteiger partial charge in [-0.05, 0) is 13.3 Å². The number of rotatable bonds is 4. The summed E-state index contributed by atoms with van der Waals surface area (Å²) >= 11 is 1.27. The molecule has 1 heterocycles. The van der Waals surface area contributed by atoms with E-state index in [0.717, 1.165) is 0 Å². The van der Waals surface area contributed by atoms with Crippen molar-refractivity contribution in [3.63, 3.8) is 0 Å². The second kappa shape index (κ2) is 4.32. The van der Waals surface area contributed by atoms with Crippen molar-refractivity contribution < 1.29 is 9.18 Å². The van der Waals surface area contributed by atoms with Gasteiger partial charge in [0.15, 0.2) is 5.13 Å². The van der Waals surface area contributed by atoms with Gasteiger partial charge in [-0.15, -0.1) is 11.3 Å². The SMILES string of the molecule is CC(=O)C(CCF)c1csc(N)n1. The summed E-state index contributed by atoms with van der Waals surface area (Å²) in [5.41, 5.74) is 6.01. The third-order valence-electron chi connectivity index (χ3n) is 1.79. The summed E-state index contributed by atoms with van der Waals surface area (Å²) in [5.74, 6) is -0.499.